The van der Waals surface area contributed by atoms with Crippen molar-refractivity contribution in [1.29, 1.82) is 0 Å². The molecule has 0 radical (unpaired) electrons. The molecule has 1 fully saturated rings. The first-order valence-corrected chi connectivity index (χ1v) is 15.0. The Bertz CT molecular complexity index is 1710. The van der Waals surface area contributed by atoms with Gasteiger partial charge in [0.1, 0.15) is 0 Å². The third kappa shape index (κ3) is 6.25. The molecule has 0 spiro atoms. The summed E-state index contributed by atoms with van der Waals surface area (Å²) in [5.74, 6) is 1.12. The van der Waals surface area contributed by atoms with Crippen molar-refractivity contribution in [3.63, 3.8) is 0 Å². The Balaban J connectivity index is 1.38. The van der Waals surface area contributed by atoms with Crippen LogP contribution < -0.4 is 16.4 Å². The van der Waals surface area contributed by atoms with Crippen molar-refractivity contribution in [2.45, 2.75) is 43.8 Å². The largest absolute Gasteiger partial charge is 0.457 e. The lowest BCUT2D eigenvalue weighted by molar-refractivity contribution is -0.151. The third-order valence-electron chi connectivity index (χ3n) is 7.84. The molecule has 14 heteroatoms. The summed E-state index contributed by atoms with van der Waals surface area (Å²) in [6.07, 6.45) is -1.86. The summed E-state index contributed by atoms with van der Waals surface area (Å²) in [7, 11) is 0. The van der Waals surface area contributed by atoms with Gasteiger partial charge in [-0.05, 0) is 17.5 Å². The van der Waals surface area contributed by atoms with E-state index < -0.39 is 24.5 Å². The molecule has 46 heavy (non-hydrogen) atoms. The normalized spacial score (nSPS) is 19.3. The average Bonchev–Trinajstić information content (AvgIpc) is 3.83. The highest BCUT2D eigenvalue weighted by Crippen LogP contribution is 2.43. The van der Waals surface area contributed by atoms with Crippen molar-refractivity contribution in [2.24, 2.45) is 5.73 Å². The molecule has 0 amide bonds. The van der Waals surface area contributed by atoms with Gasteiger partial charge in [0.25, 0.3) is 12.9 Å². The summed E-state index contributed by atoms with van der Waals surface area (Å²) in [6, 6.07) is 22.1. The van der Waals surface area contributed by atoms with Crippen molar-refractivity contribution < 1.29 is 28.3 Å². The second kappa shape index (κ2) is 14.2. The van der Waals surface area contributed by atoms with Crippen LogP contribution in [0.3, 0.4) is 0 Å². The molecule has 5 aromatic rings. The van der Waals surface area contributed by atoms with Gasteiger partial charge in [-0.15, -0.1) is 0 Å². The molecule has 0 saturated carbocycles. The van der Waals surface area contributed by atoms with Gasteiger partial charge in [0.2, 0.25) is 5.95 Å². The number of anilines is 2. The van der Waals surface area contributed by atoms with Crippen molar-refractivity contribution in [1.82, 2.24) is 24.7 Å². The van der Waals surface area contributed by atoms with E-state index in [1.165, 1.54) is 6.33 Å². The SMILES string of the molecule is CCc1cc([C@H]2O[C@@H](n3cnc4c(NCC(c5ccccc5)c5ccccc5)nc(NCCN)nc43)[C@H](OC=O)[C@H]2OC=O)on1. The lowest BCUT2D eigenvalue weighted by Gasteiger charge is -2.21. The number of nitrogens with two attached hydrogens (primary N) is 1. The number of carbonyl (C=O) groups excluding carboxylic acids is 2. The zero-order chi connectivity index (χ0) is 31.9. The van der Waals surface area contributed by atoms with E-state index in [0.29, 0.717) is 60.4 Å². The minimum Gasteiger partial charge on any atom is -0.457 e. The quantitative estimate of drug-likeness (QED) is 0.144. The van der Waals surface area contributed by atoms with Gasteiger partial charge in [-0.2, -0.15) is 9.97 Å². The van der Waals surface area contributed by atoms with Gasteiger partial charge in [-0.1, -0.05) is 72.7 Å². The van der Waals surface area contributed by atoms with Gasteiger partial charge in [0.05, 0.1) is 12.0 Å². The predicted octanol–water partition coefficient (Wildman–Crippen LogP) is 3.34. The molecule has 0 aliphatic carbocycles. The van der Waals surface area contributed by atoms with Crippen molar-refractivity contribution in [2.75, 3.05) is 30.3 Å². The molecular weight excluding hydrogens is 592 g/mol. The lowest BCUT2D eigenvalue weighted by Crippen LogP contribution is -2.34. The third-order valence-corrected chi connectivity index (χ3v) is 7.84. The maximum absolute atomic E-state index is 11.7. The minimum atomic E-state index is -1.06. The average molecular weight is 627 g/mol. The number of benzene rings is 2. The maximum Gasteiger partial charge on any atom is 0.293 e. The fraction of sp³-hybridized carbons (Fsp3) is 0.312. The number of ether oxygens (including phenoxy) is 3. The molecule has 1 aliphatic heterocycles. The first-order chi connectivity index (χ1) is 22.6. The molecule has 1 saturated heterocycles. The molecular formula is C32H34N8O6. The van der Waals surface area contributed by atoms with Gasteiger partial charge in [-0.25, -0.2) is 4.98 Å². The molecule has 6 rings (SSSR count). The van der Waals surface area contributed by atoms with Gasteiger partial charge in [0, 0.05) is 31.6 Å². The number of hydrogen-bond acceptors (Lipinski definition) is 13. The van der Waals surface area contributed by atoms with Crippen LogP contribution in [0.2, 0.25) is 0 Å². The second-order valence-electron chi connectivity index (χ2n) is 10.6. The predicted molar refractivity (Wildman–Crippen MR) is 167 cm³/mol. The van der Waals surface area contributed by atoms with Crippen molar-refractivity contribution >= 4 is 35.9 Å². The van der Waals surface area contributed by atoms with E-state index in [4.69, 9.17) is 34.4 Å². The number of nitrogens with zero attached hydrogens (tertiary/aromatic N) is 5. The highest BCUT2D eigenvalue weighted by Gasteiger charge is 2.51. The monoisotopic (exact) mass is 626 g/mol. The Hall–Kier alpha value is -5.34. The summed E-state index contributed by atoms with van der Waals surface area (Å²) >= 11 is 0. The summed E-state index contributed by atoms with van der Waals surface area (Å²) in [5, 5.41) is 10.7. The molecule has 238 valence electrons. The zero-order valence-electron chi connectivity index (χ0n) is 25.1. The minimum absolute atomic E-state index is 0.00964. The van der Waals surface area contributed by atoms with Gasteiger partial charge >= 0.3 is 0 Å². The van der Waals surface area contributed by atoms with Crippen LogP contribution in [0.5, 0.6) is 0 Å². The fourth-order valence-electron chi connectivity index (χ4n) is 5.63. The van der Waals surface area contributed by atoms with Crippen LogP contribution in [-0.2, 0) is 30.2 Å². The lowest BCUT2D eigenvalue weighted by atomic mass is 9.91. The first kappa shape index (κ1) is 30.7. The fourth-order valence-corrected chi connectivity index (χ4v) is 5.63. The summed E-state index contributed by atoms with van der Waals surface area (Å²) in [4.78, 5) is 37.3. The smallest absolute Gasteiger partial charge is 0.293 e. The molecule has 1 aliphatic rings. The molecule has 3 aromatic heterocycles. The number of nitrogens with one attached hydrogen (secondary N) is 2. The zero-order valence-corrected chi connectivity index (χ0v) is 25.1. The number of fused-ring (bicyclic) bond motifs is 1. The number of aromatic nitrogens is 5. The number of carbonyl (C=O) groups is 2. The van der Waals surface area contributed by atoms with Gasteiger partial charge in [0.15, 0.2) is 47.3 Å². The van der Waals surface area contributed by atoms with E-state index in [9.17, 15) is 9.59 Å². The van der Waals surface area contributed by atoms with Crippen LogP contribution >= 0.6 is 0 Å². The van der Waals surface area contributed by atoms with Gasteiger partial charge < -0.3 is 35.1 Å². The highest BCUT2D eigenvalue weighted by molar-refractivity contribution is 5.84. The highest BCUT2D eigenvalue weighted by atomic mass is 16.6. The van der Waals surface area contributed by atoms with Crippen molar-refractivity contribution in [3.8, 4) is 0 Å². The van der Waals surface area contributed by atoms with E-state index in [1.807, 2.05) is 43.3 Å². The number of aryl methyl sites for hydroxylation is 1. The second-order valence-corrected chi connectivity index (χ2v) is 10.6. The first-order valence-electron chi connectivity index (χ1n) is 15.0. The number of rotatable bonds is 15. The van der Waals surface area contributed by atoms with Gasteiger partial charge in [-0.3, -0.25) is 14.2 Å². The Kier molecular flexibility index (Phi) is 9.45. The Morgan fingerprint density at radius 3 is 2.30 bits per heavy atom. The van der Waals surface area contributed by atoms with Crippen LogP contribution in [0.15, 0.2) is 77.6 Å². The number of hydrogen-bond donors (Lipinski definition) is 3. The van der Waals surface area contributed by atoms with Crippen LogP contribution in [0, 0.1) is 0 Å². The molecule has 14 nitrogen and oxygen atoms in total. The Morgan fingerprint density at radius 2 is 1.67 bits per heavy atom. The standard InChI is InChI=1S/C32H34N8O6/c1-2-22-15-24(46-39-22)26-27(43-18-41)28(44-19-42)31(45-26)40-17-36-25-29(37-32(34-14-13-33)38-30(25)40)35-16-23(20-9-5-3-6-10-20)21-11-7-4-8-12-21/h3-12,15,17-19,23,26-28,31H,2,13-14,16,33H2,1H3,(H2,34,35,37,38)/t26-,27+,28-,31-/m1/s1. The molecule has 4 N–H and O–H groups in total. The summed E-state index contributed by atoms with van der Waals surface area (Å²) < 4.78 is 24.3. The molecule has 4 atom stereocenters. The summed E-state index contributed by atoms with van der Waals surface area (Å²) in [6.45, 7) is 3.78. The van der Waals surface area contributed by atoms with E-state index in [0.717, 1.165) is 11.1 Å². The summed E-state index contributed by atoms with van der Waals surface area (Å²) in [5.41, 5.74) is 9.57. The van der Waals surface area contributed by atoms with Crippen molar-refractivity contribution in [3.05, 3.63) is 95.6 Å². The van der Waals surface area contributed by atoms with E-state index in [2.05, 4.69) is 45.0 Å². The molecule has 4 heterocycles. The maximum atomic E-state index is 11.7. The molecule has 0 unspecified atom stereocenters. The topological polar surface area (TPSA) is 182 Å². The van der Waals surface area contributed by atoms with Crippen LogP contribution in [0.1, 0.15) is 47.8 Å². The molecule has 0 bridgehead atoms. The van der Waals surface area contributed by atoms with E-state index in [1.54, 1.807) is 10.6 Å². The Labute approximate surface area is 264 Å². The number of imidazole rings is 1. The van der Waals surface area contributed by atoms with E-state index in [-0.39, 0.29) is 18.9 Å². The van der Waals surface area contributed by atoms with E-state index >= 15 is 0 Å². The van der Waals surface area contributed by atoms with Crippen LogP contribution in [-0.4, -0.2) is 69.5 Å². The molecule has 2 aromatic carbocycles. The van der Waals surface area contributed by atoms with Crippen LogP contribution in [0.4, 0.5) is 11.8 Å². The van der Waals surface area contributed by atoms with Crippen LogP contribution in [0.25, 0.3) is 11.2 Å². The Morgan fingerprint density at radius 1 is 0.978 bits per heavy atom.